The number of alkyl halides is 1. The topological polar surface area (TPSA) is 234 Å². The molecule has 0 bridgehead atoms. The largest absolute Gasteiger partial charge is 0.386 e. The zero-order valence-electron chi connectivity index (χ0n) is 23.2. The fourth-order valence-corrected chi connectivity index (χ4v) is 8.90. The zero-order chi connectivity index (χ0) is 32.0. The van der Waals surface area contributed by atoms with Crippen molar-refractivity contribution in [1.29, 1.82) is 0 Å². The summed E-state index contributed by atoms with van der Waals surface area (Å²) in [5.41, 5.74) is 6.46. The quantitative estimate of drug-likeness (QED) is 0.221. The maximum atomic E-state index is 16.0. The number of fused-ring (bicyclic) bond motifs is 5. The predicted octanol–water partition coefficient (Wildman–Crippen LogP) is 3.00. The second-order valence-corrected chi connectivity index (χ2v) is 16.9. The molecule has 46 heavy (non-hydrogen) atoms. The Morgan fingerprint density at radius 3 is 2.65 bits per heavy atom. The molecule has 3 aromatic heterocycles. The van der Waals surface area contributed by atoms with E-state index in [0.717, 1.165) is 0 Å². The van der Waals surface area contributed by atoms with Crippen LogP contribution in [-0.2, 0) is 32.0 Å². The SMILES string of the molecule is Nc1ncnc2c1ncn2[C@@H]1O[C@@H]2COP(=O)(S)OC[C@@H]3[C@@H](COP(=O)(S)O[C@H]2[C@H]1F)C[C@H]3n1cnc2c1NC1=NN=NC1C2=O. The van der Waals surface area contributed by atoms with Crippen LogP contribution < -0.4 is 11.1 Å². The van der Waals surface area contributed by atoms with Gasteiger partial charge in [0.25, 0.3) is 0 Å². The first kappa shape index (κ1) is 30.5. The highest BCUT2D eigenvalue weighted by molar-refractivity contribution is 8.44. The fraction of sp³-hybridized carbons (Fsp3) is 0.545. The van der Waals surface area contributed by atoms with E-state index >= 15 is 4.39 Å². The van der Waals surface area contributed by atoms with Gasteiger partial charge in [0.1, 0.15) is 29.9 Å². The van der Waals surface area contributed by atoms with Gasteiger partial charge >= 0.3 is 13.6 Å². The number of carbonyl (C=O) groups excluding carboxylic acids is 1. The molecule has 0 radical (unpaired) electrons. The number of nitrogens with zero attached hydrogens (tertiary/aromatic N) is 9. The molecular weight excluding hydrogens is 691 g/mol. The monoisotopic (exact) mass is 715 g/mol. The summed E-state index contributed by atoms with van der Waals surface area (Å²) >= 11 is 8.25. The molecule has 0 amide bonds. The number of nitrogen functional groups attached to an aromatic ring is 1. The summed E-state index contributed by atoms with van der Waals surface area (Å²) in [6.07, 6.45) is -1.70. The first-order valence-electron chi connectivity index (χ1n) is 13.9. The zero-order valence-corrected chi connectivity index (χ0v) is 26.8. The molecule has 0 aromatic carbocycles. The Hall–Kier alpha value is -2.81. The molecule has 0 spiro atoms. The van der Waals surface area contributed by atoms with Crippen LogP contribution in [0.4, 0.5) is 16.0 Å². The number of nitrogens with one attached hydrogen (secondary N) is 1. The van der Waals surface area contributed by atoms with Crippen molar-refractivity contribution in [3.05, 3.63) is 24.7 Å². The average molecular weight is 716 g/mol. The summed E-state index contributed by atoms with van der Waals surface area (Å²) in [6, 6.07) is -1.18. The first-order chi connectivity index (χ1) is 22.0. The third-order valence-corrected chi connectivity index (χ3v) is 11.8. The van der Waals surface area contributed by atoms with E-state index in [9.17, 15) is 13.9 Å². The molecule has 4 aliphatic heterocycles. The smallest absolute Gasteiger partial charge is 0.382 e. The Kier molecular flexibility index (Phi) is 7.39. The highest BCUT2D eigenvalue weighted by atomic mass is 32.7. The van der Waals surface area contributed by atoms with Gasteiger partial charge in [-0.3, -0.25) is 18.4 Å². The lowest BCUT2D eigenvalue weighted by Crippen LogP contribution is -2.44. The van der Waals surface area contributed by atoms with Crippen LogP contribution in [-0.4, -0.2) is 84.9 Å². The van der Waals surface area contributed by atoms with Gasteiger partial charge in [0.15, 0.2) is 41.4 Å². The third-order valence-electron chi connectivity index (χ3n) is 8.57. The van der Waals surface area contributed by atoms with Gasteiger partial charge in [-0.25, -0.2) is 33.5 Å². The number of Topliss-reactive ketones (excluding diaryl/α,β-unsaturated/α-hetero) is 1. The second kappa shape index (κ2) is 11.1. The van der Waals surface area contributed by atoms with E-state index in [1.165, 1.54) is 23.5 Å². The van der Waals surface area contributed by atoms with Gasteiger partial charge < -0.3 is 29.4 Å². The van der Waals surface area contributed by atoms with E-state index in [1.807, 2.05) is 0 Å². The Bertz CT molecular complexity index is 1910. The standard InChI is InChI=1S/C22H24FN11O8P2S2/c23-12-17-11(41-22(12)34-7-28-15-18(24)25-5-26-20(15)34)4-40-43(36,45)39-3-9-8(2-38-44(37,46)42-17)1-10(9)33-6-27-14-16(35)13-19(29-21(14)33)31-32-30-13/h5-13,17,22H,1-4H2,(H,36,45)(H,37,46)(H2,24,25,26)(H,29,30,31)/t8-,9-,10-,11-,12-,13?,17-,22-,43?,44?/m1/s1. The number of thiol groups is 2. The van der Waals surface area contributed by atoms with E-state index < -0.39 is 56.8 Å². The molecule has 1 aliphatic carbocycles. The number of hydrogen-bond donors (Lipinski definition) is 4. The summed E-state index contributed by atoms with van der Waals surface area (Å²) in [4.78, 5) is 29.3. The van der Waals surface area contributed by atoms with E-state index in [-0.39, 0.29) is 59.5 Å². The number of amidine groups is 1. The normalized spacial score (nSPS) is 39.1. The summed E-state index contributed by atoms with van der Waals surface area (Å²) in [6.45, 7) is -9.01. The van der Waals surface area contributed by atoms with Crippen LogP contribution in [0.15, 0.2) is 34.4 Å². The van der Waals surface area contributed by atoms with Crippen LogP contribution >= 0.6 is 38.1 Å². The number of ketones is 1. The molecule has 24 heteroatoms. The Morgan fingerprint density at radius 1 is 1.02 bits per heavy atom. The lowest BCUT2D eigenvalue weighted by atomic mass is 9.70. The summed E-state index contributed by atoms with van der Waals surface area (Å²) in [5, 5.41) is 14.4. The maximum Gasteiger partial charge on any atom is 0.386 e. The minimum atomic E-state index is -4.19. The number of rotatable bonds is 2. The van der Waals surface area contributed by atoms with E-state index in [1.54, 1.807) is 4.57 Å². The number of aromatic nitrogens is 6. The molecule has 3 N–H and O–H groups in total. The molecule has 8 rings (SSSR count). The maximum absolute atomic E-state index is 16.0. The number of halogens is 1. The molecule has 1 saturated carbocycles. The van der Waals surface area contributed by atoms with Gasteiger partial charge in [0.2, 0.25) is 5.78 Å². The number of ether oxygens (including phenoxy) is 1. The van der Waals surface area contributed by atoms with Crippen molar-refractivity contribution in [3.8, 4) is 0 Å². The van der Waals surface area contributed by atoms with Crippen molar-refractivity contribution in [2.24, 2.45) is 27.3 Å². The number of imidazole rings is 2. The van der Waals surface area contributed by atoms with Crippen molar-refractivity contribution < 1.29 is 41.1 Å². The van der Waals surface area contributed by atoms with Crippen LogP contribution in [0.2, 0.25) is 0 Å². The van der Waals surface area contributed by atoms with E-state index in [2.05, 4.69) is 65.2 Å². The summed E-state index contributed by atoms with van der Waals surface area (Å²) in [7, 11) is 0. The fourth-order valence-electron chi connectivity index (χ4n) is 6.20. The molecule has 10 atom stereocenters. The van der Waals surface area contributed by atoms with Crippen molar-refractivity contribution in [2.45, 2.75) is 43.1 Å². The van der Waals surface area contributed by atoms with Gasteiger partial charge in [-0.2, -0.15) is 0 Å². The van der Waals surface area contributed by atoms with Crippen molar-refractivity contribution in [3.63, 3.8) is 0 Å². The molecule has 3 fully saturated rings. The summed E-state index contributed by atoms with van der Waals surface area (Å²) in [5.74, 6) is -0.289. The highest BCUT2D eigenvalue weighted by Gasteiger charge is 2.52. The van der Waals surface area contributed by atoms with Crippen molar-refractivity contribution >= 4 is 72.5 Å². The molecule has 3 aromatic rings. The van der Waals surface area contributed by atoms with Crippen LogP contribution in [0.5, 0.6) is 0 Å². The Labute approximate surface area is 268 Å². The molecule has 19 nitrogen and oxygen atoms in total. The molecular formula is C22H24FN11O8P2S2. The third kappa shape index (κ3) is 5.10. The minimum absolute atomic E-state index is 0.0821. The van der Waals surface area contributed by atoms with Crippen LogP contribution in [0.3, 0.4) is 0 Å². The predicted molar refractivity (Wildman–Crippen MR) is 161 cm³/mol. The van der Waals surface area contributed by atoms with E-state index in [4.69, 9.17) is 28.6 Å². The molecule has 2 saturated heterocycles. The van der Waals surface area contributed by atoms with Gasteiger partial charge in [-0.05, 0) is 17.6 Å². The Morgan fingerprint density at radius 2 is 1.80 bits per heavy atom. The van der Waals surface area contributed by atoms with Crippen LogP contribution in [0.1, 0.15) is 29.2 Å². The molecule has 7 heterocycles. The number of hydrogen-bond acceptors (Lipinski definition) is 17. The van der Waals surface area contributed by atoms with Crippen LogP contribution in [0, 0.1) is 11.8 Å². The first-order valence-corrected chi connectivity index (χ1v) is 19.2. The number of carbonyl (C=O) groups is 1. The van der Waals surface area contributed by atoms with Crippen LogP contribution in [0.25, 0.3) is 11.2 Å². The van der Waals surface area contributed by atoms with Gasteiger partial charge in [-0.15, -0.1) is 10.2 Å². The van der Waals surface area contributed by atoms with E-state index in [0.29, 0.717) is 12.2 Å². The molecule has 3 unspecified atom stereocenters. The van der Waals surface area contributed by atoms with Gasteiger partial charge in [0.05, 0.1) is 32.5 Å². The number of anilines is 2. The lowest BCUT2D eigenvalue weighted by Gasteiger charge is -2.45. The van der Waals surface area contributed by atoms with Gasteiger partial charge in [0, 0.05) is 12.0 Å². The summed E-state index contributed by atoms with van der Waals surface area (Å²) < 4.78 is 74.2. The molecule has 5 aliphatic rings. The number of nitrogens with two attached hydrogens (primary N) is 1. The highest BCUT2D eigenvalue weighted by Crippen LogP contribution is 2.61. The minimum Gasteiger partial charge on any atom is -0.382 e. The van der Waals surface area contributed by atoms with Gasteiger partial charge in [-0.1, -0.05) is 24.5 Å². The second-order valence-electron chi connectivity index (χ2n) is 11.1. The Balaban J connectivity index is 1.03. The average Bonchev–Trinajstić information content (AvgIpc) is 3.79. The molecule has 244 valence electrons. The van der Waals surface area contributed by atoms with Crippen molar-refractivity contribution in [2.75, 3.05) is 30.9 Å². The van der Waals surface area contributed by atoms with Crippen molar-refractivity contribution in [1.82, 2.24) is 29.1 Å². The lowest BCUT2D eigenvalue weighted by molar-refractivity contribution is -0.0408.